The largest absolute Gasteiger partial charge is 0.391 e. The molecule has 1 aliphatic rings. The number of alkyl halides is 3. The van der Waals surface area contributed by atoms with E-state index < -0.39 is 18.2 Å². The van der Waals surface area contributed by atoms with Crippen LogP contribution in [0.2, 0.25) is 0 Å². The summed E-state index contributed by atoms with van der Waals surface area (Å²) >= 11 is 4.99. The van der Waals surface area contributed by atoms with E-state index in [2.05, 4.69) is 0 Å². The van der Waals surface area contributed by atoms with Gasteiger partial charge in [0, 0.05) is 26.6 Å². The highest BCUT2D eigenvalue weighted by Gasteiger charge is 2.37. The Morgan fingerprint density at radius 1 is 1.39 bits per heavy atom. The molecule has 3 nitrogen and oxygen atoms in total. The first-order valence-corrected chi connectivity index (χ1v) is 6.34. The molecule has 0 atom stereocenters. The number of hydrogen-bond donors (Lipinski definition) is 1. The van der Waals surface area contributed by atoms with Crippen LogP contribution < -0.4 is 5.73 Å². The highest BCUT2D eigenvalue weighted by atomic mass is 32.1. The normalized spacial score (nSPS) is 20.9. The lowest BCUT2D eigenvalue weighted by atomic mass is 9.91. The zero-order chi connectivity index (χ0) is 13.8. The van der Waals surface area contributed by atoms with Crippen molar-refractivity contribution in [1.82, 2.24) is 4.90 Å². The first kappa shape index (κ1) is 15.7. The Kier molecular flexibility index (Phi) is 5.36. The quantitative estimate of drug-likeness (QED) is 0.785. The third-order valence-electron chi connectivity index (χ3n) is 3.44. The van der Waals surface area contributed by atoms with Crippen LogP contribution in [-0.2, 0) is 4.74 Å². The van der Waals surface area contributed by atoms with Crippen molar-refractivity contribution in [2.75, 3.05) is 26.7 Å². The van der Waals surface area contributed by atoms with Gasteiger partial charge in [-0.3, -0.25) is 0 Å². The molecule has 1 fully saturated rings. The predicted molar refractivity (Wildman–Crippen MR) is 67.5 cm³/mol. The van der Waals surface area contributed by atoms with Gasteiger partial charge in [-0.2, -0.15) is 13.2 Å². The number of thiocarbonyl (C=S) groups is 1. The SMILES string of the molecule is COC1(C(N)=S)CCN(CCCC(F)(F)F)CC1. The second-order valence-electron chi connectivity index (χ2n) is 4.62. The van der Waals surface area contributed by atoms with Gasteiger partial charge in [0.25, 0.3) is 0 Å². The molecule has 0 spiro atoms. The van der Waals surface area contributed by atoms with Crippen molar-refractivity contribution in [3.05, 3.63) is 0 Å². The van der Waals surface area contributed by atoms with Gasteiger partial charge < -0.3 is 15.4 Å². The number of ether oxygens (including phenoxy) is 1. The van der Waals surface area contributed by atoms with Crippen molar-refractivity contribution in [3.63, 3.8) is 0 Å². The molecule has 0 aliphatic carbocycles. The highest BCUT2D eigenvalue weighted by Crippen LogP contribution is 2.27. The molecule has 106 valence electrons. The number of piperidine rings is 1. The van der Waals surface area contributed by atoms with E-state index in [0.29, 0.717) is 37.5 Å². The summed E-state index contributed by atoms with van der Waals surface area (Å²) in [4.78, 5) is 2.33. The molecule has 0 aromatic heterocycles. The first-order chi connectivity index (χ1) is 8.29. The molecule has 0 unspecified atom stereocenters. The Morgan fingerprint density at radius 3 is 2.33 bits per heavy atom. The average Bonchev–Trinajstić information content (AvgIpc) is 2.28. The fourth-order valence-electron chi connectivity index (χ4n) is 2.19. The van der Waals surface area contributed by atoms with Crippen molar-refractivity contribution in [1.29, 1.82) is 0 Å². The molecule has 1 heterocycles. The van der Waals surface area contributed by atoms with E-state index in [9.17, 15) is 13.2 Å². The molecule has 1 saturated heterocycles. The molecule has 7 heteroatoms. The van der Waals surface area contributed by atoms with Crippen LogP contribution in [0.3, 0.4) is 0 Å². The van der Waals surface area contributed by atoms with E-state index >= 15 is 0 Å². The van der Waals surface area contributed by atoms with Crippen LogP contribution in [0.25, 0.3) is 0 Å². The van der Waals surface area contributed by atoms with E-state index in [-0.39, 0.29) is 6.42 Å². The molecular formula is C11H19F3N2OS. The molecular weight excluding hydrogens is 265 g/mol. The minimum Gasteiger partial charge on any atom is -0.391 e. The van der Waals surface area contributed by atoms with Gasteiger partial charge in [0.1, 0.15) is 10.6 Å². The molecule has 0 amide bonds. The molecule has 1 aliphatic heterocycles. The van der Waals surface area contributed by atoms with Crippen molar-refractivity contribution >= 4 is 17.2 Å². The first-order valence-electron chi connectivity index (χ1n) is 5.93. The van der Waals surface area contributed by atoms with Gasteiger partial charge in [-0.05, 0) is 25.8 Å². The Morgan fingerprint density at radius 2 is 1.94 bits per heavy atom. The zero-order valence-corrected chi connectivity index (χ0v) is 11.2. The Bertz CT molecular complexity index is 289. The van der Waals surface area contributed by atoms with E-state index in [4.69, 9.17) is 22.7 Å². The van der Waals surface area contributed by atoms with E-state index in [1.54, 1.807) is 7.11 Å². The molecule has 0 saturated carbocycles. The minimum atomic E-state index is -4.06. The van der Waals surface area contributed by atoms with Crippen molar-refractivity contribution in [2.45, 2.75) is 37.5 Å². The van der Waals surface area contributed by atoms with Crippen molar-refractivity contribution in [3.8, 4) is 0 Å². The average molecular weight is 284 g/mol. The number of likely N-dealkylation sites (tertiary alicyclic amines) is 1. The fraction of sp³-hybridized carbons (Fsp3) is 0.909. The third-order valence-corrected chi connectivity index (χ3v) is 3.81. The van der Waals surface area contributed by atoms with Gasteiger partial charge in [0.2, 0.25) is 0 Å². The predicted octanol–water partition coefficient (Wildman–Crippen LogP) is 2.10. The fourth-order valence-corrected chi connectivity index (χ4v) is 2.48. The number of hydrogen-bond acceptors (Lipinski definition) is 3. The molecule has 0 bridgehead atoms. The van der Waals surface area contributed by atoms with Crippen LogP contribution in [0.15, 0.2) is 0 Å². The maximum Gasteiger partial charge on any atom is 0.389 e. The lowest BCUT2D eigenvalue weighted by Gasteiger charge is -2.40. The second-order valence-corrected chi connectivity index (χ2v) is 5.06. The summed E-state index contributed by atoms with van der Waals surface area (Å²) in [7, 11) is 1.57. The van der Waals surface area contributed by atoms with Gasteiger partial charge in [0.05, 0.1) is 0 Å². The number of rotatable bonds is 5. The maximum atomic E-state index is 12.0. The highest BCUT2D eigenvalue weighted by molar-refractivity contribution is 7.80. The summed E-state index contributed by atoms with van der Waals surface area (Å²) in [6.07, 6.45) is -3.37. The van der Waals surface area contributed by atoms with Crippen LogP contribution in [0.1, 0.15) is 25.7 Å². The smallest absolute Gasteiger partial charge is 0.389 e. The zero-order valence-electron chi connectivity index (χ0n) is 10.4. The van der Waals surface area contributed by atoms with E-state index in [0.717, 1.165) is 0 Å². The summed E-state index contributed by atoms with van der Waals surface area (Å²) in [6.45, 7) is 1.79. The maximum absolute atomic E-state index is 12.0. The lowest BCUT2D eigenvalue weighted by molar-refractivity contribution is -0.136. The molecule has 1 rings (SSSR count). The molecule has 0 aromatic rings. The minimum absolute atomic E-state index is 0.135. The van der Waals surface area contributed by atoms with Gasteiger partial charge in [-0.25, -0.2) is 0 Å². The van der Waals surface area contributed by atoms with Crippen LogP contribution >= 0.6 is 12.2 Å². The van der Waals surface area contributed by atoms with Gasteiger partial charge in [-0.1, -0.05) is 12.2 Å². The van der Waals surface area contributed by atoms with Crippen LogP contribution in [0, 0.1) is 0 Å². The molecule has 0 aromatic carbocycles. The Hall–Kier alpha value is -0.400. The Balaban J connectivity index is 2.33. The lowest BCUT2D eigenvalue weighted by Crippen LogP contribution is -2.52. The van der Waals surface area contributed by atoms with Crippen LogP contribution in [-0.4, -0.2) is 48.4 Å². The van der Waals surface area contributed by atoms with Crippen LogP contribution in [0.5, 0.6) is 0 Å². The van der Waals surface area contributed by atoms with Crippen molar-refractivity contribution in [2.24, 2.45) is 5.73 Å². The monoisotopic (exact) mass is 284 g/mol. The summed E-state index contributed by atoms with van der Waals surface area (Å²) < 4.78 is 41.4. The second kappa shape index (κ2) is 6.16. The molecule has 2 N–H and O–H groups in total. The van der Waals surface area contributed by atoms with Gasteiger partial charge in [-0.15, -0.1) is 0 Å². The summed E-state index contributed by atoms with van der Waals surface area (Å²) in [5, 5.41) is 0. The molecule has 0 radical (unpaired) electrons. The van der Waals surface area contributed by atoms with Crippen molar-refractivity contribution < 1.29 is 17.9 Å². The van der Waals surface area contributed by atoms with E-state index in [1.807, 2.05) is 4.90 Å². The number of halogens is 3. The number of nitrogens with two attached hydrogens (primary N) is 1. The summed E-state index contributed by atoms with van der Waals surface area (Å²) in [6, 6.07) is 0. The number of nitrogens with zero attached hydrogens (tertiary/aromatic N) is 1. The topological polar surface area (TPSA) is 38.5 Å². The summed E-state index contributed by atoms with van der Waals surface area (Å²) in [5.74, 6) is 0. The summed E-state index contributed by atoms with van der Waals surface area (Å²) in [5.41, 5.74) is 5.08. The van der Waals surface area contributed by atoms with Gasteiger partial charge >= 0.3 is 6.18 Å². The third kappa shape index (κ3) is 4.37. The van der Waals surface area contributed by atoms with E-state index in [1.165, 1.54) is 0 Å². The Labute approximate surface area is 110 Å². The standard InChI is InChI=1S/C11H19F3N2OS/c1-17-10(9(15)18)4-7-16(8-5-10)6-2-3-11(12,13)14/h2-8H2,1H3,(H2,15,18). The molecule has 18 heavy (non-hydrogen) atoms. The van der Waals surface area contributed by atoms with Gasteiger partial charge in [0.15, 0.2) is 0 Å². The number of methoxy groups -OCH3 is 1. The van der Waals surface area contributed by atoms with Crippen LogP contribution in [0.4, 0.5) is 13.2 Å².